The van der Waals surface area contributed by atoms with Gasteiger partial charge in [0.2, 0.25) is 6.41 Å². The molecule has 0 bridgehead atoms. The molecule has 0 unspecified atom stereocenters. The summed E-state index contributed by atoms with van der Waals surface area (Å²) >= 11 is 0. The highest BCUT2D eigenvalue weighted by Gasteiger charge is 2.59. The van der Waals surface area contributed by atoms with Crippen molar-refractivity contribution in [3.63, 3.8) is 0 Å². The molecule has 174 valence electrons. The van der Waals surface area contributed by atoms with E-state index in [2.05, 4.69) is 24.9 Å². The maximum atomic E-state index is 12.8. The lowest BCUT2D eigenvalue weighted by molar-refractivity contribution is -0.135. The van der Waals surface area contributed by atoms with E-state index in [4.69, 9.17) is 9.47 Å². The minimum Gasteiger partial charge on any atom is -0.458 e. The Morgan fingerprint density at radius 2 is 2.00 bits per heavy atom. The van der Waals surface area contributed by atoms with Crippen LogP contribution in [-0.2, 0) is 19.1 Å². The largest absolute Gasteiger partial charge is 0.458 e. The van der Waals surface area contributed by atoms with Crippen LogP contribution in [0, 0.1) is 17.3 Å². The monoisotopic (exact) mass is 449 g/mol. The highest BCUT2D eigenvalue weighted by atomic mass is 16.5. The Morgan fingerprint density at radius 1 is 1.24 bits per heavy atom. The van der Waals surface area contributed by atoms with Crippen molar-refractivity contribution in [3.8, 4) is 0 Å². The number of allylic oxidation sites excluding steroid dienone is 2. The van der Waals surface area contributed by atoms with E-state index in [1.54, 1.807) is 30.3 Å². The lowest BCUT2D eigenvalue weighted by atomic mass is 9.48. The summed E-state index contributed by atoms with van der Waals surface area (Å²) in [5.41, 5.74) is 1.24. The number of rotatable bonds is 6. The van der Waals surface area contributed by atoms with Gasteiger partial charge in [-0.05, 0) is 62.1 Å². The van der Waals surface area contributed by atoms with E-state index in [1.165, 1.54) is 0 Å². The topological polar surface area (TPSA) is 81.7 Å². The quantitative estimate of drug-likeness (QED) is 0.401. The molecule has 1 aromatic rings. The molecule has 0 spiro atoms. The third kappa shape index (κ3) is 4.14. The van der Waals surface area contributed by atoms with Crippen LogP contribution in [0.25, 0.3) is 0 Å². The number of cyclic esters (lactones) is 1. The molecule has 1 aromatic carbocycles. The number of hydrogen-bond acceptors (Lipinski definition) is 5. The van der Waals surface area contributed by atoms with E-state index < -0.39 is 11.6 Å². The Labute approximate surface area is 194 Å². The second-order valence-corrected chi connectivity index (χ2v) is 9.69. The van der Waals surface area contributed by atoms with Crippen molar-refractivity contribution in [2.24, 2.45) is 17.3 Å². The zero-order valence-corrected chi connectivity index (χ0v) is 19.2. The maximum Gasteiger partial charge on any atom is 0.338 e. The molecule has 2 aliphatic carbocycles. The number of nitrogens with one attached hydrogen (secondary N) is 1. The van der Waals surface area contributed by atoms with Gasteiger partial charge in [-0.2, -0.15) is 0 Å². The lowest BCUT2D eigenvalue weighted by Gasteiger charge is -2.59. The van der Waals surface area contributed by atoms with Gasteiger partial charge in [0.05, 0.1) is 16.7 Å². The molecule has 2 fully saturated rings. The Hall–Kier alpha value is -3.15. The Morgan fingerprint density at radius 3 is 2.67 bits per heavy atom. The fraction of sp³-hybridized carbons (Fsp3) is 0.444. The van der Waals surface area contributed by atoms with Gasteiger partial charge in [-0.3, -0.25) is 4.79 Å². The first-order chi connectivity index (χ1) is 15.8. The normalized spacial score (nSPS) is 33.8. The number of fused-ring (bicyclic) bond motifs is 1. The molecule has 0 radical (unpaired) electrons. The minimum absolute atomic E-state index is 0.0316. The number of hydrogen-bond donors (Lipinski definition) is 1. The fourth-order valence-corrected chi connectivity index (χ4v) is 6.12. The van der Waals surface area contributed by atoms with Crippen molar-refractivity contribution in [2.75, 3.05) is 6.61 Å². The van der Waals surface area contributed by atoms with Crippen molar-refractivity contribution < 1.29 is 23.9 Å². The third-order valence-electron chi connectivity index (χ3n) is 7.89. The summed E-state index contributed by atoms with van der Waals surface area (Å²) in [6.45, 7) is 8.84. The second-order valence-electron chi connectivity index (χ2n) is 9.69. The van der Waals surface area contributed by atoms with Crippen LogP contribution in [0.1, 0.15) is 49.9 Å². The van der Waals surface area contributed by atoms with E-state index in [1.807, 2.05) is 19.1 Å². The molecular weight excluding hydrogens is 418 g/mol. The number of amides is 1. The molecule has 1 N–H and O–H groups in total. The number of carbonyl (C=O) groups is 3. The van der Waals surface area contributed by atoms with Crippen LogP contribution in [0.15, 0.2) is 66.3 Å². The van der Waals surface area contributed by atoms with Gasteiger partial charge in [-0.25, -0.2) is 9.59 Å². The van der Waals surface area contributed by atoms with E-state index in [9.17, 15) is 14.4 Å². The van der Waals surface area contributed by atoms with Crippen LogP contribution in [0.2, 0.25) is 0 Å². The predicted molar refractivity (Wildman–Crippen MR) is 124 cm³/mol. The molecule has 33 heavy (non-hydrogen) atoms. The van der Waals surface area contributed by atoms with Crippen molar-refractivity contribution in [1.82, 2.24) is 5.32 Å². The predicted octanol–water partition coefficient (Wildman–Crippen LogP) is 4.14. The van der Waals surface area contributed by atoms with Gasteiger partial charge in [0, 0.05) is 5.92 Å². The fourth-order valence-electron chi connectivity index (χ4n) is 6.12. The summed E-state index contributed by atoms with van der Waals surface area (Å²) in [5, 5.41) is 3.03. The standard InChI is InChI=1S/C27H31NO5/c1-18-9-12-22-26(2,21(18)11-10-20-14-16-32-24(20)30)15-13-23(27(22,3)28-17-29)33-25(31)19-7-5-4-6-8-19/h4-8,10-11,14,17,21-23H,1,9,12-13,15-16H2,2-3H3,(H,28,29)/b11-10+/t21-,22+,23-,26+,27+/m1/s1. The second kappa shape index (κ2) is 9.00. The number of esters is 2. The number of ether oxygens (including phenoxy) is 2. The van der Waals surface area contributed by atoms with Gasteiger partial charge < -0.3 is 14.8 Å². The van der Waals surface area contributed by atoms with Crippen LogP contribution < -0.4 is 5.32 Å². The number of benzene rings is 1. The number of carbonyl (C=O) groups excluding carboxylic acids is 3. The maximum absolute atomic E-state index is 12.8. The van der Waals surface area contributed by atoms with Gasteiger partial charge in [-0.1, -0.05) is 49.4 Å². The lowest BCUT2D eigenvalue weighted by Crippen LogP contribution is -2.66. The van der Waals surface area contributed by atoms with E-state index >= 15 is 0 Å². The average molecular weight is 450 g/mol. The van der Waals surface area contributed by atoms with Gasteiger partial charge in [-0.15, -0.1) is 0 Å². The summed E-state index contributed by atoms with van der Waals surface area (Å²) < 4.78 is 11.0. The zero-order valence-electron chi connectivity index (χ0n) is 19.2. The van der Waals surface area contributed by atoms with Gasteiger partial charge in [0.25, 0.3) is 0 Å². The van der Waals surface area contributed by atoms with Gasteiger partial charge in [0.1, 0.15) is 12.7 Å². The van der Waals surface area contributed by atoms with Crippen LogP contribution in [-0.4, -0.2) is 36.6 Å². The van der Waals surface area contributed by atoms with Gasteiger partial charge >= 0.3 is 11.9 Å². The first kappa shape index (κ1) is 23.0. The Balaban J connectivity index is 1.62. The molecule has 1 amide bonds. The molecule has 3 aliphatic rings. The SMILES string of the molecule is C=C1CC[C@H]2[C@@](C)(CC[C@@H](OC(=O)c3ccccc3)[C@@]2(C)NC=O)[C@@H]1/C=C/C1=CCOC1=O. The van der Waals surface area contributed by atoms with Crippen LogP contribution >= 0.6 is 0 Å². The summed E-state index contributed by atoms with van der Waals surface area (Å²) in [7, 11) is 0. The molecule has 0 aromatic heterocycles. The molecule has 1 aliphatic heterocycles. The smallest absolute Gasteiger partial charge is 0.338 e. The van der Waals surface area contributed by atoms with Crippen molar-refractivity contribution in [2.45, 2.75) is 51.2 Å². The molecule has 6 nitrogen and oxygen atoms in total. The minimum atomic E-state index is -0.725. The average Bonchev–Trinajstić information content (AvgIpc) is 3.21. The summed E-state index contributed by atoms with van der Waals surface area (Å²) in [6.07, 6.45) is 9.00. The van der Waals surface area contributed by atoms with E-state index in [-0.39, 0.29) is 29.2 Å². The first-order valence-corrected chi connectivity index (χ1v) is 11.5. The van der Waals surface area contributed by atoms with E-state index in [0.717, 1.165) is 24.8 Å². The molecule has 2 saturated carbocycles. The molecule has 0 saturated heterocycles. The highest BCUT2D eigenvalue weighted by molar-refractivity contribution is 5.93. The summed E-state index contributed by atoms with van der Waals surface area (Å²) in [5.74, 6) is -0.601. The Kier molecular flexibility index (Phi) is 6.28. The molecule has 1 heterocycles. The zero-order chi connectivity index (χ0) is 23.6. The highest BCUT2D eigenvalue weighted by Crippen LogP contribution is 2.58. The first-order valence-electron chi connectivity index (χ1n) is 11.5. The van der Waals surface area contributed by atoms with Gasteiger partial charge in [0.15, 0.2) is 0 Å². The molecule has 4 rings (SSSR count). The Bertz CT molecular complexity index is 1010. The third-order valence-corrected chi connectivity index (χ3v) is 7.89. The van der Waals surface area contributed by atoms with Crippen molar-refractivity contribution in [3.05, 3.63) is 71.8 Å². The van der Waals surface area contributed by atoms with Crippen molar-refractivity contribution >= 4 is 18.3 Å². The van der Waals surface area contributed by atoms with E-state index in [0.29, 0.717) is 30.6 Å². The summed E-state index contributed by atoms with van der Waals surface area (Å²) in [6, 6.07) is 8.92. The molecule has 6 heteroatoms. The molecule has 5 atom stereocenters. The van der Waals surface area contributed by atoms with Crippen LogP contribution in [0.4, 0.5) is 0 Å². The summed E-state index contributed by atoms with van der Waals surface area (Å²) in [4.78, 5) is 36.4. The molecular formula is C27H31NO5. The van der Waals surface area contributed by atoms with Crippen molar-refractivity contribution in [1.29, 1.82) is 0 Å². The van der Waals surface area contributed by atoms with Crippen LogP contribution in [0.3, 0.4) is 0 Å². The van der Waals surface area contributed by atoms with Crippen LogP contribution in [0.5, 0.6) is 0 Å².